The van der Waals surface area contributed by atoms with Crippen LogP contribution < -0.4 is 24.8 Å². The van der Waals surface area contributed by atoms with Gasteiger partial charge in [-0.25, -0.2) is 0 Å². The first-order chi connectivity index (χ1) is 13.2. The number of halogens is 2. The second-order valence-corrected chi connectivity index (χ2v) is 7.36. The van der Waals surface area contributed by atoms with Gasteiger partial charge >= 0.3 is 26.2 Å². The number of hydrogen-bond acceptors (Lipinski definition) is 0. The molecule has 5 aromatic carbocycles. The Morgan fingerprint density at radius 3 is 1.67 bits per heavy atom. The first kappa shape index (κ1) is 26.6. The Hall–Kier alpha value is -1.40. The molecule has 0 N–H and O–H groups in total. The molecule has 0 aliphatic rings. The third-order valence-electron chi connectivity index (χ3n) is 5.41. The van der Waals surface area contributed by atoms with Crippen LogP contribution in [0, 0.1) is 6.92 Å². The number of hydrogen-bond donors (Lipinski definition) is 0. The van der Waals surface area contributed by atoms with Crippen molar-refractivity contribution in [1.29, 1.82) is 0 Å². The van der Waals surface area contributed by atoms with Crippen LogP contribution >= 0.6 is 0 Å². The van der Waals surface area contributed by atoms with E-state index in [1.165, 1.54) is 49.0 Å². The van der Waals surface area contributed by atoms with E-state index in [-0.39, 0.29) is 51.0 Å². The zero-order chi connectivity index (χ0) is 18.8. The Morgan fingerprint density at radius 2 is 1.17 bits per heavy atom. The molecule has 5 rings (SSSR count). The van der Waals surface area contributed by atoms with Crippen molar-refractivity contribution < 1.29 is 51.0 Å². The molecule has 0 bridgehead atoms. The van der Waals surface area contributed by atoms with Gasteiger partial charge in [0.1, 0.15) is 0 Å². The second kappa shape index (κ2) is 11.8. The van der Waals surface area contributed by atoms with Crippen molar-refractivity contribution in [2.45, 2.75) is 33.6 Å². The van der Waals surface area contributed by atoms with Crippen molar-refractivity contribution in [3.63, 3.8) is 0 Å². The molecule has 0 unspecified atom stereocenters. The molecule has 30 heavy (non-hydrogen) atoms. The van der Waals surface area contributed by atoms with Crippen molar-refractivity contribution >= 4 is 32.3 Å². The predicted octanol–water partition coefficient (Wildman–Crippen LogP) is 1.71. The fourth-order valence-electron chi connectivity index (χ4n) is 3.87. The predicted molar refractivity (Wildman–Crippen MR) is 120 cm³/mol. The van der Waals surface area contributed by atoms with E-state index < -0.39 is 0 Å². The van der Waals surface area contributed by atoms with Gasteiger partial charge in [0.15, 0.2) is 0 Å². The summed E-state index contributed by atoms with van der Waals surface area (Å²) in [6, 6.07) is 28.8. The van der Waals surface area contributed by atoms with E-state index in [0.717, 1.165) is 12.8 Å². The molecule has 0 fully saturated rings. The van der Waals surface area contributed by atoms with Gasteiger partial charge in [-0.1, -0.05) is 62.2 Å². The Morgan fingerprint density at radius 1 is 0.633 bits per heavy atom. The quantitative estimate of drug-likeness (QED) is 0.316. The van der Waals surface area contributed by atoms with Gasteiger partial charge in [-0.3, -0.25) is 0 Å². The van der Waals surface area contributed by atoms with E-state index in [2.05, 4.69) is 99.6 Å². The summed E-state index contributed by atoms with van der Waals surface area (Å²) in [5, 5.41) is 8.24. The molecule has 5 aromatic rings. The summed E-state index contributed by atoms with van der Waals surface area (Å²) in [6.45, 7) is 6.54. The standard InChI is InChI=1S/C17H17.C10H9.2ClH.Zr/c1-3-12-5-7-16-14(9-12)11-15-10-13(4-2)6-8-17(15)16;1-8-6-9-4-2-3-5-10(9)7-8;;;/h5-11H,3-4H2,1-2H3;2-7H,1H3;2*1H;/q2*-1;;;+4/p-2. The molecule has 152 valence electrons. The Balaban J connectivity index is 0.000000302. The second-order valence-electron chi connectivity index (χ2n) is 7.36. The van der Waals surface area contributed by atoms with Crippen LogP contribution in [0.15, 0.2) is 78.9 Å². The van der Waals surface area contributed by atoms with Gasteiger partial charge < -0.3 is 24.8 Å². The van der Waals surface area contributed by atoms with Gasteiger partial charge in [-0.15, -0.1) is 80.3 Å². The molecule has 0 spiro atoms. The van der Waals surface area contributed by atoms with E-state index in [9.17, 15) is 0 Å². The fraction of sp³-hybridized carbons (Fsp3) is 0.185. The Kier molecular flexibility index (Phi) is 10.5. The summed E-state index contributed by atoms with van der Waals surface area (Å²) in [7, 11) is 0. The summed E-state index contributed by atoms with van der Waals surface area (Å²) in [5.74, 6) is 0. The maximum atomic E-state index is 2.32. The van der Waals surface area contributed by atoms with Crippen LogP contribution in [0.1, 0.15) is 30.5 Å². The molecular weight excluding hydrogens is 486 g/mol. The summed E-state index contributed by atoms with van der Waals surface area (Å²) in [5.41, 5.74) is 4.19. The van der Waals surface area contributed by atoms with Crippen LogP contribution in [0.5, 0.6) is 0 Å². The number of aryl methyl sites for hydroxylation is 3. The molecule has 0 saturated carbocycles. The number of rotatable bonds is 2. The monoisotopic (exact) mass is 510 g/mol. The maximum Gasteiger partial charge on any atom is 4.00 e. The van der Waals surface area contributed by atoms with Crippen LogP contribution in [-0.4, -0.2) is 0 Å². The molecule has 0 aliphatic carbocycles. The smallest absolute Gasteiger partial charge is 1.00 e. The van der Waals surface area contributed by atoms with Crippen LogP contribution in [0.4, 0.5) is 0 Å². The fourth-order valence-corrected chi connectivity index (χ4v) is 3.87. The first-order valence-electron chi connectivity index (χ1n) is 9.91. The normalized spacial score (nSPS) is 9.97. The van der Waals surface area contributed by atoms with Gasteiger partial charge in [-0.2, -0.15) is 6.07 Å². The minimum absolute atomic E-state index is 0. The molecule has 0 heterocycles. The third kappa shape index (κ3) is 5.64. The molecule has 0 amide bonds. The largest absolute Gasteiger partial charge is 4.00 e. The van der Waals surface area contributed by atoms with E-state index >= 15 is 0 Å². The van der Waals surface area contributed by atoms with E-state index in [1.807, 2.05) is 0 Å². The van der Waals surface area contributed by atoms with Crippen LogP contribution in [0.25, 0.3) is 32.3 Å². The van der Waals surface area contributed by atoms with Gasteiger partial charge in [0.25, 0.3) is 0 Å². The molecular formula is C27H26Cl2Zr. The molecule has 0 aromatic heterocycles. The Labute approximate surface area is 211 Å². The summed E-state index contributed by atoms with van der Waals surface area (Å²) in [6.07, 6.45) is 2.22. The van der Waals surface area contributed by atoms with Crippen molar-refractivity contribution in [3.05, 3.63) is 95.6 Å². The van der Waals surface area contributed by atoms with Crippen molar-refractivity contribution in [1.82, 2.24) is 0 Å². The zero-order valence-corrected chi connectivity index (χ0v) is 21.6. The van der Waals surface area contributed by atoms with Crippen molar-refractivity contribution in [2.75, 3.05) is 0 Å². The summed E-state index contributed by atoms with van der Waals surface area (Å²) in [4.78, 5) is 0. The molecule has 0 atom stereocenters. The SMILES string of the molecule is CCc1ccc2c(c1)[cH-]c1cc(CC)ccc12.Cc1cc2ccccc2[cH-]1.[Cl-].[Cl-].[Zr+4]. The van der Waals surface area contributed by atoms with Gasteiger partial charge in [0.2, 0.25) is 0 Å². The molecule has 0 nitrogen and oxygen atoms in total. The molecule has 3 heteroatoms. The molecule has 0 aliphatic heterocycles. The average Bonchev–Trinajstić information content (AvgIpc) is 3.25. The minimum atomic E-state index is 0. The average molecular weight is 513 g/mol. The molecule has 0 radical (unpaired) electrons. The van der Waals surface area contributed by atoms with Crippen LogP contribution in [-0.2, 0) is 39.0 Å². The third-order valence-corrected chi connectivity index (χ3v) is 5.41. The summed E-state index contributed by atoms with van der Waals surface area (Å²) >= 11 is 0. The summed E-state index contributed by atoms with van der Waals surface area (Å²) < 4.78 is 0. The topological polar surface area (TPSA) is 0 Å². The minimum Gasteiger partial charge on any atom is -1.00 e. The van der Waals surface area contributed by atoms with Crippen LogP contribution in [0.2, 0.25) is 0 Å². The van der Waals surface area contributed by atoms with Gasteiger partial charge in [0.05, 0.1) is 0 Å². The zero-order valence-electron chi connectivity index (χ0n) is 17.7. The van der Waals surface area contributed by atoms with Crippen molar-refractivity contribution in [3.8, 4) is 0 Å². The van der Waals surface area contributed by atoms with Crippen molar-refractivity contribution in [2.24, 2.45) is 0 Å². The number of fused-ring (bicyclic) bond motifs is 4. The molecule has 0 saturated heterocycles. The van der Waals surface area contributed by atoms with Gasteiger partial charge in [-0.05, 0) is 12.8 Å². The van der Waals surface area contributed by atoms with Gasteiger partial charge in [0, 0.05) is 0 Å². The van der Waals surface area contributed by atoms with E-state index in [1.54, 1.807) is 0 Å². The Bertz CT molecular complexity index is 1120. The van der Waals surface area contributed by atoms with E-state index in [4.69, 9.17) is 0 Å². The maximum absolute atomic E-state index is 2.32. The van der Waals surface area contributed by atoms with E-state index in [0.29, 0.717) is 0 Å². The van der Waals surface area contributed by atoms with Crippen LogP contribution in [0.3, 0.4) is 0 Å². The number of benzene rings is 3. The first-order valence-corrected chi connectivity index (χ1v) is 9.91.